The molecule has 0 aliphatic rings. The summed E-state index contributed by atoms with van der Waals surface area (Å²) in [5, 5.41) is 5.37. The van der Waals surface area contributed by atoms with Gasteiger partial charge in [-0.25, -0.2) is 9.67 Å². The largest absolute Gasteiger partial charge is 0.229 e. The fourth-order valence-corrected chi connectivity index (χ4v) is 2.50. The van der Waals surface area contributed by atoms with Crippen LogP contribution < -0.4 is 0 Å². The molecule has 0 saturated heterocycles. The van der Waals surface area contributed by atoms with Crippen LogP contribution in [-0.4, -0.2) is 14.8 Å². The molecule has 3 nitrogen and oxygen atoms in total. The first-order valence-electron chi connectivity index (χ1n) is 5.43. The Kier molecular flexibility index (Phi) is 3.22. The van der Waals surface area contributed by atoms with Gasteiger partial charge in [0, 0.05) is 17.5 Å². The first-order chi connectivity index (χ1) is 8.78. The van der Waals surface area contributed by atoms with E-state index >= 15 is 0 Å². The third-order valence-electron chi connectivity index (χ3n) is 2.72. The highest BCUT2D eigenvalue weighted by Gasteiger charge is 2.07. The van der Waals surface area contributed by atoms with Crippen molar-refractivity contribution in [3.05, 3.63) is 51.9 Å². The second-order valence-electron chi connectivity index (χ2n) is 3.89. The van der Waals surface area contributed by atoms with E-state index in [0.29, 0.717) is 5.88 Å². The number of hydrogen-bond acceptors (Lipinski definition) is 2. The van der Waals surface area contributed by atoms with Crippen LogP contribution in [0.2, 0.25) is 0 Å². The van der Waals surface area contributed by atoms with E-state index < -0.39 is 0 Å². The highest BCUT2D eigenvalue weighted by molar-refractivity contribution is 14.1. The van der Waals surface area contributed by atoms with Crippen molar-refractivity contribution in [1.29, 1.82) is 0 Å². The van der Waals surface area contributed by atoms with Crippen molar-refractivity contribution in [3.8, 4) is 5.82 Å². The van der Waals surface area contributed by atoms with Crippen molar-refractivity contribution in [2.45, 2.75) is 5.88 Å². The predicted octanol–water partition coefficient (Wildman–Crippen LogP) is 3.76. The van der Waals surface area contributed by atoms with Gasteiger partial charge in [0.1, 0.15) is 0 Å². The summed E-state index contributed by atoms with van der Waals surface area (Å²) >= 11 is 8.24. The number of fused-ring (bicyclic) bond motifs is 1. The maximum absolute atomic E-state index is 6.01. The minimum atomic E-state index is 0.467. The molecule has 0 unspecified atom stereocenters. The first-order valence-corrected chi connectivity index (χ1v) is 7.04. The average Bonchev–Trinajstić information content (AvgIpc) is 2.84. The van der Waals surface area contributed by atoms with E-state index in [1.165, 1.54) is 0 Å². The number of hydrogen-bond donors (Lipinski definition) is 0. The summed E-state index contributed by atoms with van der Waals surface area (Å²) in [6.07, 6.45) is 3.74. The van der Waals surface area contributed by atoms with Crippen LogP contribution >= 0.6 is 34.2 Å². The molecule has 5 heteroatoms. The second-order valence-corrected chi connectivity index (χ2v) is 5.41. The molecule has 0 radical (unpaired) electrons. The van der Waals surface area contributed by atoms with Gasteiger partial charge in [-0.1, -0.05) is 18.2 Å². The molecular formula is C13H9ClIN3. The lowest BCUT2D eigenvalue weighted by Gasteiger charge is -2.07. The monoisotopic (exact) mass is 369 g/mol. The fraction of sp³-hybridized carbons (Fsp3) is 0.0769. The number of para-hydroxylation sites is 1. The molecule has 3 rings (SSSR count). The summed E-state index contributed by atoms with van der Waals surface area (Å²) in [5.41, 5.74) is 2.01. The van der Waals surface area contributed by atoms with E-state index in [-0.39, 0.29) is 0 Å². The lowest BCUT2D eigenvalue weighted by atomic mass is 10.1. The molecule has 2 heterocycles. The number of benzene rings is 1. The topological polar surface area (TPSA) is 30.7 Å². The van der Waals surface area contributed by atoms with E-state index in [0.717, 1.165) is 25.9 Å². The molecule has 0 saturated carbocycles. The Hall–Kier alpha value is -1.14. The van der Waals surface area contributed by atoms with Crippen molar-refractivity contribution < 1.29 is 0 Å². The number of halogens is 2. The van der Waals surface area contributed by atoms with Crippen molar-refractivity contribution >= 4 is 45.1 Å². The van der Waals surface area contributed by atoms with Gasteiger partial charge in [0.05, 0.1) is 15.3 Å². The minimum absolute atomic E-state index is 0.467. The Labute approximate surface area is 123 Å². The highest BCUT2D eigenvalue weighted by atomic mass is 127. The molecule has 0 aliphatic carbocycles. The van der Waals surface area contributed by atoms with Gasteiger partial charge in [-0.05, 0) is 40.3 Å². The van der Waals surface area contributed by atoms with Crippen molar-refractivity contribution in [2.24, 2.45) is 0 Å². The Balaban J connectivity index is 2.25. The van der Waals surface area contributed by atoms with Crippen LogP contribution in [0.5, 0.6) is 0 Å². The second kappa shape index (κ2) is 4.85. The molecule has 0 spiro atoms. The maximum atomic E-state index is 6.01. The highest BCUT2D eigenvalue weighted by Crippen LogP contribution is 2.21. The van der Waals surface area contributed by atoms with Crippen molar-refractivity contribution in [3.63, 3.8) is 0 Å². The molecule has 18 heavy (non-hydrogen) atoms. The molecule has 0 N–H and O–H groups in total. The van der Waals surface area contributed by atoms with Gasteiger partial charge < -0.3 is 0 Å². The number of alkyl halides is 1. The smallest absolute Gasteiger partial charge is 0.154 e. The van der Waals surface area contributed by atoms with Crippen LogP contribution in [0.3, 0.4) is 0 Å². The first kappa shape index (κ1) is 11.9. The van der Waals surface area contributed by atoms with E-state index in [2.05, 4.69) is 32.7 Å². The SMILES string of the molecule is ClCc1cc(-n2cc(I)cn2)nc2ccccc12. The molecule has 2 aromatic heterocycles. The Morgan fingerprint density at radius 2 is 2.11 bits per heavy atom. The van der Waals surface area contributed by atoms with Gasteiger partial charge in [-0.15, -0.1) is 11.6 Å². The third kappa shape index (κ3) is 2.10. The summed E-state index contributed by atoms with van der Waals surface area (Å²) in [4.78, 5) is 4.61. The van der Waals surface area contributed by atoms with E-state index in [4.69, 9.17) is 11.6 Å². The number of nitrogens with zero attached hydrogens (tertiary/aromatic N) is 3. The van der Waals surface area contributed by atoms with E-state index in [1.807, 2.05) is 36.5 Å². The lowest BCUT2D eigenvalue weighted by Crippen LogP contribution is -2.00. The lowest BCUT2D eigenvalue weighted by molar-refractivity contribution is 0.851. The summed E-state index contributed by atoms with van der Waals surface area (Å²) in [7, 11) is 0. The summed E-state index contributed by atoms with van der Waals surface area (Å²) in [6.45, 7) is 0. The Morgan fingerprint density at radius 3 is 2.83 bits per heavy atom. The van der Waals surface area contributed by atoms with Crippen LogP contribution in [0, 0.1) is 3.57 Å². The summed E-state index contributed by atoms with van der Waals surface area (Å²) in [6, 6.07) is 9.99. The summed E-state index contributed by atoms with van der Waals surface area (Å²) < 4.78 is 2.85. The number of aromatic nitrogens is 3. The molecule has 0 bridgehead atoms. The molecule has 0 fully saturated rings. The standard InChI is InChI=1S/C13H9ClIN3/c14-6-9-5-13(18-8-10(15)7-16-18)17-12-4-2-1-3-11(9)12/h1-5,7-8H,6H2. The molecular weight excluding hydrogens is 361 g/mol. The zero-order valence-electron chi connectivity index (χ0n) is 9.35. The van der Waals surface area contributed by atoms with Crippen molar-refractivity contribution in [2.75, 3.05) is 0 Å². The molecule has 90 valence electrons. The van der Waals surface area contributed by atoms with Crippen molar-refractivity contribution in [1.82, 2.24) is 14.8 Å². The quantitative estimate of drug-likeness (QED) is 0.509. The van der Waals surface area contributed by atoms with Crippen LogP contribution in [0.25, 0.3) is 16.7 Å². The maximum Gasteiger partial charge on any atom is 0.154 e. The molecule has 0 aliphatic heterocycles. The summed E-state index contributed by atoms with van der Waals surface area (Å²) in [5.74, 6) is 1.27. The molecule has 1 aromatic carbocycles. The average molecular weight is 370 g/mol. The Morgan fingerprint density at radius 1 is 1.28 bits per heavy atom. The van der Waals surface area contributed by atoms with Gasteiger partial charge in [0.25, 0.3) is 0 Å². The van der Waals surface area contributed by atoms with Crippen LogP contribution in [0.1, 0.15) is 5.56 Å². The van der Waals surface area contributed by atoms with Gasteiger partial charge in [0.2, 0.25) is 0 Å². The van der Waals surface area contributed by atoms with Gasteiger partial charge in [-0.3, -0.25) is 0 Å². The fourth-order valence-electron chi connectivity index (χ4n) is 1.89. The van der Waals surface area contributed by atoms with Crippen LogP contribution in [-0.2, 0) is 5.88 Å². The Bertz CT molecular complexity index is 708. The van der Waals surface area contributed by atoms with Gasteiger partial charge >= 0.3 is 0 Å². The zero-order valence-corrected chi connectivity index (χ0v) is 12.3. The number of rotatable bonds is 2. The van der Waals surface area contributed by atoms with Crippen LogP contribution in [0.4, 0.5) is 0 Å². The number of pyridine rings is 1. The van der Waals surface area contributed by atoms with Crippen LogP contribution in [0.15, 0.2) is 42.7 Å². The molecule has 0 atom stereocenters. The van der Waals surface area contributed by atoms with Gasteiger partial charge in [-0.2, -0.15) is 5.10 Å². The minimum Gasteiger partial charge on any atom is -0.229 e. The van der Waals surface area contributed by atoms with Gasteiger partial charge in [0.15, 0.2) is 5.82 Å². The normalized spacial score (nSPS) is 11.0. The third-order valence-corrected chi connectivity index (χ3v) is 3.56. The molecule has 3 aromatic rings. The zero-order chi connectivity index (χ0) is 12.5. The predicted molar refractivity (Wildman–Crippen MR) is 81.1 cm³/mol. The molecule has 0 amide bonds. The van der Waals surface area contributed by atoms with E-state index in [1.54, 1.807) is 10.9 Å². The van der Waals surface area contributed by atoms with E-state index in [9.17, 15) is 0 Å².